The highest BCUT2D eigenvalue weighted by atomic mass is 16.5. The lowest BCUT2D eigenvalue weighted by molar-refractivity contribution is -0.0545. The van der Waals surface area contributed by atoms with Crippen LogP contribution in [0.3, 0.4) is 0 Å². The van der Waals surface area contributed by atoms with E-state index in [0.29, 0.717) is 0 Å². The third-order valence-corrected chi connectivity index (χ3v) is 3.97. The molecule has 124 valence electrons. The van der Waals surface area contributed by atoms with Crippen molar-refractivity contribution in [3.05, 3.63) is 47.9 Å². The van der Waals surface area contributed by atoms with Crippen molar-refractivity contribution in [3.63, 3.8) is 0 Å². The number of hydrogen-bond acceptors (Lipinski definition) is 10. The Morgan fingerprint density at radius 1 is 1.29 bits per heavy atom. The van der Waals surface area contributed by atoms with Crippen molar-refractivity contribution >= 4 is 22.3 Å². The summed E-state index contributed by atoms with van der Waals surface area (Å²) in [4.78, 5) is 45.5. The first-order valence-electron chi connectivity index (χ1n) is 6.88. The van der Waals surface area contributed by atoms with Gasteiger partial charge in [-0.15, -0.1) is 14.7 Å². The predicted octanol–water partition coefficient (Wildman–Crippen LogP) is 2.64. The van der Waals surface area contributed by atoms with Gasteiger partial charge in [-0.1, -0.05) is 0 Å². The fourth-order valence-corrected chi connectivity index (χ4v) is 2.74. The van der Waals surface area contributed by atoms with Crippen LogP contribution < -0.4 is 5.43 Å². The number of aliphatic hydroxyl groups is 1. The van der Waals surface area contributed by atoms with Gasteiger partial charge >= 0.3 is 0 Å². The van der Waals surface area contributed by atoms with Crippen LogP contribution in [0.2, 0.25) is 0 Å². The second-order valence-corrected chi connectivity index (χ2v) is 5.50. The van der Waals surface area contributed by atoms with Crippen molar-refractivity contribution in [3.8, 4) is 0 Å². The quantitative estimate of drug-likeness (QED) is 0.845. The molecule has 1 aromatic heterocycles. The van der Waals surface area contributed by atoms with Crippen LogP contribution in [0, 0.1) is 14.7 Å². The van der Waals surface area contributed by atoms with Crippen LogP contribution in [0.15, 0.2) is 30.8 Å². The molecule has 0 aliphatic carbocycles. The highest BCUT2D eigenvalue weighted by molar-refractivity contribution is 5.91. The van der Waals surface area contributed by atoms with Crippen molar-refractivity contribution in [2.45, 2.75) is 32.3 Å². The Balaban J connectivity index is 2.39. The third kappa shape index (κ3) is 2.23. The van der Waals surface area contributed by atoms with Crippen molar-refractivity contribution in [2.75, 3.05) is 0 Å². The molecule has 0 saturated carbocycles. The number of hydrogen-bond donors (Lipinski definition) is 1. The molecule has 1 aromatic carbocycles. The molecule has 24 heavy (non-hydrogen) atoms. The fourth-order valence-electron chi connectivity index (χ4n) is 2.74. The van der Waals surface area contributed by atoms with Crippen molar-refractivity contribution in [2.24, 2.45) is 15.5 Å². The Morgan fingerprint density at radius 2 is 2.04 bits per heavy atom. The summed E-state index contributed by atoms with van der Waals surface area (Å²) in [5.74, 6) is 0.188. The summed E-state index contributed by atoms with van der Waals surface area (Å²) >= 11 is 0. The Labute approximate surface area is 133 Å². The second-order valence-electron chi connectivity index (χ2n) is 5.50. The van der Waals surface area contributed by atoms with E-state index in [2.05, 4.69) is 15.5 Å². The normalized spacial score (nSPS) is 19.8. The molecular weight excluding hydrogens is 322 g/mol. The van der Waals surface area contributed by atoms with Gasteiger partial charge in [-0.25, -0.2) is 0 Å². The molecule has 0 bridgehead atoms. The monoisotopic (exact) mass is 333 g/mol. The van der Waals surface area contributed by atoms with Gasteiger partial charge in [0.25, 0.3) is 0 Å². The molecule has 1 atom stereocenters. The van der Waals surface area contributed by atoms with Gasteiger partial charge in [-0.2, -0.15) is 0 Å². The lowest BCUT2D eigenvalue weighted by atomic mass is 9.98. The maximum atomic E-state index is 12.7. The third-order valence-electron chi connectivity index (χ3n) is 3.97. The van der Waals surface area contributed by atoms with E-state index >= 15 is 0 Å². The van der Waals surface area contributed by atoms with Crippen molar-refractivity contribution in [1.82, 2.24) is 0 Å². The standard InChI is InChI=1S/C14H11N3O7/c1-14(17-22)3-10-7(5-23-14)13(19)11-6(4-18)12(16-21)8(15-20)2-9(11)24-10/h2,18H,3-5H2,1H3. The minimum atomic E-state index is -1.37. The Bertz CT molecular complexity index is 936. The van der Waals surface area contributed by atoms with E-state index in [1.54, 1.807) is 0 Å². The van der Waals surface area contributed by atoms with Crippen LogP contribution in [0.4, 0.5) is 11.4 Å². The second kappa shape index (κ2) is 5.65. The van der Waals surface area contributed by atoms with E-state index in [1.165, 1.54) is 6.92 Å². The molecule has 2 aromatic rings. The average Bonchev–Trinajstić information content (AvgIpc) is 2.59. The lowest BCUT2D eigenvalue weighted by Crippen LogP contribution is -2.35. The van der Waals surface area contributed by atoms with Gasteiger partial charge in [0.15, 0.2) is 5.43 Å². The van der Waals surface area contributed by atoms with Crippen molar-refractivity contribution in [1.29, 1.82) is 0 Å². The number of benzene rings is 1. The van der Waals surface area contributed by atoms with E-state index in [4.69, 9.17) is 9.15 Å². The average molecular weight is 333 g/mol. The van der Waals surface area contributed by atoms with Gasteiger partial charge in [0.2, 0.25) is 5.72 Å². The van der Waals surface area contributed by atoms with Crippen LogP contribution in [-0.4, -0.2) is 10.8 Å². The largest absolute Gasteiger partial charge is 0.460 e. The minimum Gasteiger partial charge on any atom is -0.460 e. The SMILES string of the molecule is CC1(N=O)Cc2oc3cc(N=O)c(N=O)c(CO)c3c(=O)c2CO1. The van der Waals surface area contributed by atoms with Crippen LogP contribution >= 0.6 is 0 Å². The van der Waals surface area contributed by atoms with Gasteiger partial charge in [-0.05, 0) is 22.5 Å². The maximum Gasteiger partial charge on any atom is 0.204 e. The van der Waals surface area contributed by atoms with E-state index in [-0.39, 0.29) is 46.6 Å². The highest BCUT2D eigenvalue weighted by Crippen LogP contribution is 2.38. The molecule has 0 amide bonds. The molecule has 1 unspecified atom stereocenters. The first kappa shape index (κ1) is 16.0. The molecule has 0 radical (unpaired) electrons. The summed E-state index contributed by atoms with van der Waals surface area (Å²) in [6.07, 6.45) is -0.0665. The number of nitroso groups, excluding NO2 is 3. The summed E-state index contributed by atoms with van der Waals surface area (Å²) in [5.41, 5.74) is -2.70. The molecule has 3 rings (SSSR count). The molecule has 0 saturated heterocycles. The first-order valence-corrected chi connectivity index (χ1v) is 6.88. The van der Waals surface area contributed by atoms with Gasteiger partial charge in [0, 0.05) is 11.6 Å². The number of fused-ring (bicyclic) bond motifs is 2. The summed E-state index contributed by atoms with van der Waals surface area (Å²) in [5, 5.41) is 17.7. The molecule has 10 nitrogen and oxygen atoms in total. The Kier molecular flexibility index (Phi) is 3.78. The summed E-state index contributed by atoms with van der Waals surface area (Å²) in [6, 6.07) is 1.10. The number of nitrogens with zero attached hydrogens (tertiary/aromatic N) is 3. The molecular formula is C14H11N3O7. The van der Waals surface area contributed by atoms with Crippen molar-refractivity contribution < 1.29 is 14.3 Å². The topological polar surface area (TPSA) is 148 Å². The molecule has 1 aliphatic heterocycles. The Hall–Kier alpha value is -2.85. The minimum absolute atomic E-state index is 0.0417. The number of rotatable bonds is 4. The fraction of sp³-hybridized carbons (Fsp3) is 0.357. The zero-order valence-electron chi connectivity index (χ0n) is 12.4. The van der Waals surface area contributed by atoms with E-state index in [1.807, 2.05) is 0 Å². The zero-order valence-corrected chi connectivity index (χ0v) is 12.4. The predicted molar refractivity (Wildman–Crippen MR) is 82.0 cm³/mol. The highest BCUT2D eigenvalue weighted by Gasteiger charge is 2.36. The van der Waals surface area contributed by atoms with Crippen LogP contribution in [0.25, 0.3) is 11.0 Å². The van der Waals surface area contributed by atoms with Gasteiger partial charge in [0.05, 0.1) is 30.6 Å². The molecule has 2 heterocycles. The van der Waals surface area contributed by atoms with Gasteiger partial charge in [0.1, 0.15) is 22.7 Å². The summed E-state index contributed by atoms with van der Waals surface area (Å²) in [7, 11) is 0. The van der Waals surface area contributed by atoms with E-state index in [9.17, 15) is 24.6 Å². The molecule has 1 aliphatic rings. The van der Waals surface area contributed by atoms with Gasteiger partial charge < -0.3 is 14.3 Å². The maximum absolute atomic E-state index is 12.7. The number of aliphatic hydroxyl groups excluding tert-OH is 1. The summed E-state index contributed by atoms with van der Waals surface area (Å²) < 4.78 is 10.9. The van der Waals surface area contributed by atoms with Crippen LogP contribution in [0.5, 0.6) is 0 Å². The molecule has 0 fully saturated rings. The van der Waals surface area contributed by atoms with E-state index in [0.717, 1.165) is 6.07 Å². The zero-order chi connectivity index (χ0) is 17.5. The smallest absolute Gasteiger partial charge is 0.204 e. The first-order chi connectivity index (χ1) is 11.5. The van der Waals surface area contributed by atoms with Gasteiger partial charge in [-0.3, -0.25) is 4.79 Å². The Morgan fingerprint density at radius 3 is 2.62 bits per heavy atom. The number of ether oxygens (including phenoxy) is 1. The molecule has 10 heteroatoms. The molecule has 0 spiro atoms. The summed E-state index contributed by atoms with van der Waals surface area (Å²) in [6.45, 7) is 0.529. The van der Waals surface area contributed by atoms with E-state index < -0.39 is 23.4 Å². The van der Waals surface area contributed by atoms with Crippen LogP contribution in [-0.2, 0) is 24.4 Å². The molecule has 1 N–H and O–H groups in total. The lowest BCUT2D eigenvalue weighted by Gasteiger charge is -2.27. The van der Waals surface area contributed by atoms with Crippen LogP contribution in [0.1, 0.15) is 23.8 Å².